The third-order valence-electron chi connectivity index (χ3n) is 1.18. The van der Waals surface area contributed by atoms with Crippen LogP contribution in [-0.2, 0) is 4.79 Å². The molecule has 0 saturated carbocycles. The number of rotatable bonds is 0. The van der Waals surface area contributed by atoms with Crippen LogP contribution >= 0.6 is 0 Å². The Balaban J connectivity index is 2.54. The zero-order chi connectivity index (χ0) is 7.84. The van der Waals surface area contributed by atoms with Crippen LogP contribution in [0.1, 0.15) is 0 Å². The van der Waals surface area contributed by atoms with Crippen molar-refractivity contribution in [3.8, 4) is 0 Å². The normalized spacial score (nSPS) is 20.7. The number of nitrogens with two attached hydrogens (primary N) is 1. The smallest absolute Gasteiger partial charge is 0.303 e. The average Bonchev–Trinajstić information content (AvgIpc) is 2.34. The lowest BCUT2D eigenvalue weighted by molar-refractivity contribution is -0.111. The second-order valence-corrected chi connectivity index (χ2v) is 1.90. The average molecular weight is 148 g/mol. The van der Waals surface area contributed by atoms with Gasteiger partial charge in [0.05, 0.1) is 0 Å². The van der Waals surface area contributed by atoms with Crippen molar-refractivity contribution >= 4 is 29.5 Å². The van der Waals surface area contributed by atoms with E-state index in [4.69, 9.17) is 5.73 Å². The highest BCUT2D eigenvalue weighted by molar-refractivity contribution is 6.81. The van der Waals surface area contributed by atoms with Crippen molar-refractivity contribution in [3.05, 3.63) is 0 Å². The molecular formula is C5H2N5O. The maximum Gasteiger partial charge on any atom is 0.303 e. The van der Waals surface area contributed by atoms with Gasteiger partial charge in [-0.2, -0.15) is 4.99 Å². The lowest BCUT2D eigenvalue weighted by Crippen LogP contribution is -2.30. The monoisotopic (exact) mass is 148 g/mol. The number of nitrogens with zero attached hydrogens (tertiary/aromatic N) is 4. The van der Waals surface area contributed by atoms with Crippen molar-refractivity contribution in [3.63, 3.8) is 0 Å². The fourth-order valence-electron chi connectivity index (χ4n) is 0.741. The summed E-state index contributed by atoms with van der Waals surface area (Å²) in [7, 11) is 0. The summed E-state index contributed by atoms with van der Waals surface area (Å²) in [5.74, 6) is -0.588. The summed E-state index contributed by atoms with van der Waals surface area (Å²) in [6.07, 6.45) is 2.41. The van der Waals surface area contributed by atoms with Crippen molar-refractivity contribution in [1.29, 1.82) is 0 Å². The largest absolute Gasteiger partial charge is 0.368 e. The summed E-state index contributed by atoms with van der Waals surface area (Å²) < 4.78 is 0. The molecule has 0 aromatic carbocycles. The van der Waals surface area contributed by atoms with Crippen molar-refractivity contribution in [1.82, 2.24) is 0 Å². The lowest BCUT2D eigenvalue weighted by atomic mass is 10.2. The maximum absolute atomic E-state index is 10.9. The Labute approximate surface area is 61.2 Å². The second kappa shape index (κ2) is 1.82. The highest BCUT2D eigenvalue weighted by Gasteiger charge is 2.25. The topological polar surface area (TPSA) is 92.5 Å². The van der Waals surface area contributed by atoms with Gasteiger partial charge in [0.2, 0.25) is 5.96 Å². The molecule has 6 nitrogen and oxygen atoms in total. The van der Waals surface area contributed by atoms with E-state index in [1.165, 1.54) is 0 Å². The van der Waals surface area contributed by atoms with Gasteiger partial charge in [-0.3, -0.25) is 4.79 Å². The molecule has 53 valence electrons. The molecule has 2 aliphatic rings. The van der Waals surface area contributed by atoms with E-state index < -0.39 is 5.91 Å². The molecule has 1 radical (unpaired) electrons. The van der Waals surface area contributed by atoms with Gasteiger partial charge in [0.1, 0.15) is 11.9 Å². The van der Waals surface area contributed by atoms with Crippen molar-refractivity contribution in [2.45, 2.75) is 0 Å². The molecular weight excluding hydrogens is 146 g/mol. The minimum Gasteiger partial charge on any atom is -0.368 e. The molecule has 2 heterocycles. The van der Waals surface area contributed by atoms with Gasteiger partial charge in [0.25, 0.3) is 0 Å². The summed E-state index contributed by atoms with van der Waals surface area (Å²) in [6.45, 7) is 0. The van der Waals surface area contributed by atoms with E-state index >= 15 is 0 Å². The number of hydrogen-bond acceptors (Lipinski definition) is 5. The number of guanidine groups is 1. The molecule has 2 rings (SSSR count). The number of carbonyl (C=O) groups excluding carboxylic acids is 1. The van der Waals surface area contributed by atoms with E-state index in [9.17, 15) is 4.79 Å². The first-order chi connectivity index (χ1) is 5.27. The summed E-state index contributed by atoms with van der Waals surface area (Å²) in [6, 6.07) is 0. The molecule has 0 spiro atoms. The third-order valence-corrected chi connectivity index (χ3v) is 1.18. The number of fused-ring (bicyclic) bond motifs is 1. The van der Waals surface area contributed by atoms with Crippen molar-refractivity contribution in [2.75, 3.05) is 0 Å². The SMILES string of the molecule is NC1=NC(=O)C2=NN=[C]C2=N1. The fraction of sp³-hybridized carbons (Fsp3) is 0. The van der Waals surface area contributed by atoms with Gasteiger partial charge >= 0.3 is 5.91 Å². The van der Waals surface area contributed by atoms with Crippen LogP contribution in [-0.4, -0.2) is 29.5 Å². The van der Waals surface area contributed by atoms with Crippen LogP contribution in [0.25, 0.3) is 0 Å². The molecule has 1 amide bonds. The molecule has 0 atom stereocenters. The minimum absolute atomic E-state index is 0.0754. The minimum atomic E-state index is -0.513. The molecule has 0 unspecified atom stereocenters. The Kier molecular flexibility index (Phi) is 0.974. The van der Waals surface area contributed by atoms with E-state index in [-0.39, 0.29) is 17.4 Å². The lowest BCUT2D eigenvalue weighted by Gasteiger charge is -2.00. The van der Waals surface area contributed by atoms with Gasteiger partial charge in [-0.05, 0) is 0 Å². The first kappa shape index (κ1) is 5.90. The van der Waals surface area contributed by atoms with Gasteiger partial charge in [0, 0.05) is 0 Å². The summed E-state index contributed by atoms with van der Waals surface area (Å²) >= 11 is 0. The maximum atomic E-state index is 10.9. The molecule has 11 heavy (non-hydrogen) atoms. The number of amides is 1. The Bertz CT molecular complexity index is 348. The van der Waals surface area contributed by atoms with Crippen LogP contribution in [0.4, 0.5) is 0 Å². The van der Waals surface area contributed by atoms with Crippen LogP contribution in [0.15, 0.2) is 20.2 Å². The van der Waals surface area contributed by atoms with Crippen LogP contribution in [0.5, 0.6) is 0 Å². The van der Waals surface area contributed by atoms with Gasteiger partial charge in [-0.25, -0.2) is 4.99 Å². The highest BCUT2D eigenvalue weighted by atomic mass is 16.1. The predicted molar refractivity (Wildman–Crippen MR) is 38.9 cm³/mol. The Morgan fingerprint density at radius 2 is 2.18 bits per heavy atom. The van der Waals surface area contributed by atoms with E-state index in [1.807, 2.05) is 0 Å². The zero-order valence-electron chi connectivity index (χ0n) is 5.27. The number of hydrogen-bond donors (Lipinski definition) is 1. The van der Waals surface area contributed by atoms with Crippen molar-refractivity contribution < 1.29 is 4.79 Å². The first-order valence-corrected chi connectivity index (χ1v) is 2.78. The highest BCUT2D eigenvalue weighted by Crippen LogP contribution is 2.00. The van der Waals surface area contributed by atoms with Crippen molar-refractivity contribution in [2.24, 2.45) is 25.9 Å². The molecule has 0 aliphatic carbocycles. The van der Waals surface area contributed by atoms with Crippen LogP contribution in [0.3, 0.4) is 0 Å². The second-order valence-electron chi connectivity index (χ2n) is 1.90. The van der Waals surface area contributed by atoms with Gasteiger partial charge in [0.15, 0.2) is 5.71 Å². The molecule has 6 heteroatoms. The molecule has 0 fully saturated rings. The quantitative estimate of drug-likeness (QED) is 0.457. The standard InChI is InChI=1S/C5H2N5O/c6-5-8-2-1-7-10-3(2)4(11)9-5/h(H2,6,9,11). The molecule has 2 aliphatic heterocycles. The van der Waals surface area contributed by atoms with Gasteiger partial charge < -0.3 is 5.73 Å². The van der Waals surface area contributed by atoms with Gasteiger partial charge in [-0.15, -0.1) is 10.2 Å². The Morgan fingerprint density at radius 1 is 1.36 bits per heavy atom. The summed E-state index contributed by atoms with van der Waals surface area (Å²) in [5, 5.41) is 6.83. The number of carbonyl (C=O) groups is 1. The van der Waals surface area contributed by atoms with E-state index in [2.05, 4.69) is 26.4 Å². The van der Waals surface area contributed by atoms with Crippen LogP contribution < -0.4 is 5.73 Å². The molecule has 0 aromatic heterocycles. The van der Waals surface area contributed by atoms with Gasteiger partial charge in [-0.1, -0.05) is 0 Å². The predicted octanol–water partition coefficient (Wildman–Crippen LogP) is -1.40. The molecule has 0 bridgehead atoms. The summed E-state index contributed by atoms with van der Waals surface area (Å²) in [5.41, 5.74) is 5.56. The first-order valence-electron chi connectivity index (χ1n) is 2.78. The Hall–Kier alpha value is -1.85. The van der Waals surface area contributed by atoms with Crippen LogP contribution in [0, 0.1) is 0 Å². The van der Waals surface area contributed by atoms with E-state index in [0.29, 0.717) is 0 Å². The van der Waals surface area contributed by atoms with Crippen LogP contribution in [0.2, 0.25) is 0 Å². The fourth-order valence-corrected chi connectivity index (χ4v) is 0.741. The summed E-state index contributed by atoms with van der Waals surface area (Å²) in [4.78, 5) is 18.0. The number of aliphatic imine (C=N–C) groups is 2. The van der Waals surface area contributed by atoms with E-state index in [1.54, 1.807) is 0 Å². The molecule has 0 saturated heterocycles. The Morgan fingerprint density at radius 3 is 3.00 bits per heavy atom. The molecule has 0 aromatic rings. The third kappa shape index (κ3) is 0.759. The zero-order valence-corrected chi connectivity index (χ0v) is 5.27. The van der Waals surface area contributed by atoms with E-state index in [0.717, 1.165) is 0 Å². The molecule has 2 N–H and O–H groups in total.